The molecule has 4 rings (SSSR count). The molecule has 1 amide bonds. The van der Waals surface area contributed by atoms with Crippen LogP contribution in [0.1, 0.15) is 48.0 Å². The summed E-state index contributed by atoms with van der Waals surface area (Å²) in [6.07, 6.45) is 4.94. The molecule has 0 aromatic heterocycles. The minimum absolute atomic E-state index is 0.0985. The second kappa shape index (κ2) is 6.37. The van der Waals surface area contributed by atoms with Gasteiger partial charge in [-0.05, 0) is 50.2 Å². The van der Waals surface area contributed by atoms with E-state index in [1.807, 2.05) is 17.0 Å². The number of piperidine rings is 1. The molecule has 2 saturated heterocycles. The summed E-state index contributed by atoms with van der Waals surface area (Å²) in [6, 6.07) is 6.02. The predicted octanol–water partition coefficient (Wildman–Crippen LogP) is 2.19. The molecule has 1 aromatic carbocycles. The average Bonchev–Trinajstić information content (AvgIpc) is 2.64. The highest BCUT2D eigenvalue weighted by Crippen LogP contribution is 2.36. The van der Waals surface area contributed by atoms with Gasteiger partial charge in [0.05, 0.1) is 23.0 Å². The standard InChI is InChI=1S/C19H26N2O3/c22-16-7-3-13-24-19(16)8-11-21(12-9-19)18(23)15-6-1-4-14-5-2-10-20-17(14)15/h1,4,6,16,20,22H,2-3,5,7-13H2/t16-/m0/s1. The number of amides is 1. The number of ether oxygens (including phenoxy) is 1. The Bertz CT molecular complexity index is 623. The van der Waals surface area contributed by atoms with Crippen molar-refractivity contribution >= 4 is 11.6 Å². The second-order valence-corrected chi connectivity index (χ2v) is 7.23. The van der Waals surface area contributed by atoms with E-state index in [0.717, 1.165) is 62.9 Å². The molecule has 1 aromatic rings. The molecule has 2 N–H and O–H groups in total. The van der Waals surface area contributed by atoms with Crippen LogP contribution in [0, 0.1) is 0 Å². The molecule has 3 aliphatic heterocycles. The number of aliphatic hydroxyl groups excluding tert-OH is 1. The molecule has 0 saturated carbocycles. The first-order valence-corrected chi connectivity index (χ1v) is 9.17. The Balaban J connectivity index is 1.49. The Morgan fingerprint density at radius 2 is 2.12 bits per heavy atom. The number of nitrogens with one attached hydrogen (secondary N) is 1. The van der Waals surface area contributed by atoms with Gasteiger partial charge in [0.15, 0.2) is 0 Å². The lowest BCUT2D eigenvalue weighted by Gasteiger charge is -2.46. The van der Waals surface area contributed by atoms with Gasteiger partial charge in [-0.25, -0.2) is 0 Å². The minimum atomic E-state index is -0.427. The van der Waals surface area contributed by atoms with Crippen LogP contribution in [0.25, 0.3) is 0 Å². The lowest BCUT2D eigenvalue weighted by Crippen LogP contribution is -2.56. The van der Waals surface area contributed by atoms with Crippen LogP contribution in [-0.4, -0.2) is 53.9 Å². The number of anilines is 1. The summed E-state index contributed by atoms with van der Waals surface area (Å²) in [5, 5.41) is 13.7. The van der Waals surface area contributed by atoms with Crippen LogP contribution in [0.3, 0.4) is 0 Å². The molecule has 1 atom stereocenters. The highest BCUT2D eigenvalue weighted by Gasteiger charge is 2.44. The first kappa shape index (κ1) is 15.9. The first-order chi connectivity index (χ1) is 11.7. The Morgan fingerprint density at radius 3 is 2.92 bits per heavy atom. The maximum atomic E-state index is 13.0. The number of rotatable bonds is 1. The van der Waals surface area contributed by atoms with Crippen LogP contribution < -0.4 is 5.32 Å². The van der Waals surface area contributed by atoms with Crippen molar-refractivity contribution in [2.24, 2.45) is 0 Å². The van der Waals surface area contributed by atoms with E-state index in [0.29, 0.717) is 13.1 Å². The van der Waals surface area contributed by atoms with Crippen LogP contribution in [-0.2, 0) is 11.2 Å². The van der Waals surface area contributed by atoms with Crippen molar-refractivity contribution in [1.82, 2.24) is 4.90 Å². The summed E-state index contributed by atoms with van der Waals surface area (Å²) >= 11 is 0. The van der Waals surface area contributed by atoms with Crippen molar-refractivity contribution in [3.05, 3.63) is 29.3 Å². The minimum Gasteiger partial charge on any atom is -0.390 e. The average molecular weight is 330 g/mol. The molecule has 130 valence electrons. The summed E-state index contributed by atoms with van der Waals surface area (Å²) in [7, 11) is 0. The molecular formula is C19H26N2O3. The van der Waals surface area contributed by atoms with Crippen molar-refractivity contribution < 1.29 is 14.6 Å². The van der Waals surface area contributed by atoms with Gasteiger partial charge in [-0.2, -0.15) is 0 Å². The molecule has 0 aliphatic carbocycles. The van der Waals surface area contributed by atoms with E-state index in [1.54, 1.807) is 0 Å². The maximum Gasteiger partial charge on any atom is 0.255 e. The number of likely N-dealkylation sites (tertiary alicyclic amines) is 1. The Morgan fingerprint density at radius 1 is 1.29 bits per heavy atom. The zero-order valence-corrected chi connectivity index (χ0v) is 14.1. The smallest absolute Gasteiger partial charge is 0.255 e. The summed E-state index contributed by atoms with van der Waals surface area (Å²) < 4.78 is 5.94. The van der Waals surface area contributed by atoms with E-state index in [-0.39, 0.29) is 5.91 Å². The Labute approximate surface area is 143 Å². The van der Waals surface area contributed by atoms with Crippen molar-refractivity contribution in [3.8, 4) is 0 Å². The number of nitrogens with zero attached hydrogens (tertiary/aromatic N) is 1. The van der Waals surface area contributed by atoms with Gasteiger partial charge in [-0.3, -0.25) is 4.79 Å². The molecule has 3 aliphatic rings. The third-order valence-corrected chi connectivity index (χ3v) is 5.82. The van der Waals surface area contributed by atoms with Crippen molar-refractivity contribution in [2.75, 3.05) is 31.6 Å². The molecule has 2 fully saturated rings. The van der Waals surface area contributed by atoms with Crippen molar-refractivity contribution in [1.29, 1.82) is 0 Å². The van der Waals surface area contributed by atoms with Gasteiger partial charge in [0.1, 0.15) is 0 Å². The number of fused-ring (bicyclic) bond motifs is 1. The molecule has 0 bridgehead atoms. The van der Waals surface area contributed by atoms with Crippen LogP contribution >= 0.6 is 0 Å². The highest BCUT2D eigenvalue weighted by atomic mass is 16.5. The molecule has 0 unspecified atom stereocenters. The lowest BCUT2D eigenvalue weighted by atomic mass is 9.82. The number of carbonyl (C=O) groups is 1. The third kappa shape index (κ3) is 2.70. The van der Waals surface area contributed by atoms with Crippen LogP contribution in [0.2, 0.25) is 0 Å². The normalized spacial score (nSPS) is 25.9. The quantitative estimate of drug-likeness (QED) is 0.829. The van der Waals surface area contributed by atoms with Gasteiger partial charge in [0.25, 0.3) is 5.91 Å². The van der Waals surface area contributed by atoms with Crippen molar-refractivity contribution in [2.45, 2.75) is 50.2 Å². The van der Waals surface area contributed by atoms with Crippen LogP contribution in [0.5, 0.6) is 0 Å². The monoisotopic (exact) mass is 330 g/mol. The van der Waals surface area contributed by atoms with Gasteiger partial charge in [-0.15, -0.1) is 0 Å². The fraction of sp³-hybridized carbons (Fsp3) is 0.632. The maximum absolute atomic E-state index is 13.0. The number of aliphatic hydroxyl groups is 1. The number of hydrogen-bond donors (Lipinski definition) is 2. The van der Waals surface area contributed by atoms with E-state index in [9.17, 15) is 9.90 Å². The summed E-state index contributed by atoms with van der Waals surface area (Å²) in [4.78, 5) is 14.9. The fourth-order valence-corrected chi connectivity index (χ4v) is 4.34. The first-order valence-electron chi connectivity index (χ1n) is 9.17. The summed E-state index contributed by atoms with van der Waals surface area (Å²) in [6.45, 7) is 2.96. The topological polar surface area (TPSA) is 61.8 Å². The van der Waals surface area contributed by atoms with E-state index in [4.69, 9.17) is 4.74 Å². The second-order valence-electron chi connectivity index (χ2n) is 7.23. The molecule has 1 spiro atoms. The van der Waals surface area contributed by atoms with Gasteiger partial charge >= 0.3 is 0 Å². The van der Waals surface area contributed by atoms with E-state index >= 15 is 0 Å². The predicted molar refractivity (Wildman–Crippen MR) is 92.3 cm³/mol. The zero-order chi connectivity index (χ0) is 16.6. The van der Waals surface area contributed by atoms with Crippen LogP contribution in [0.15, 0.2) is 18.2 Å². The van der Waals surface area contributed by atoms with Gasteiger partial charge in [0.2, 0.25) is 0 Å². The van der Waals surface area contributed by atoms with E-state index < -0.39 is 11.7 Å². The summed E-state index contributed by atoms with van der Waals surface area (Å²) in [5.41, 5.74) is 2.62. The number of benzene rings is 1. The largest absolute Gasteiger partial charge is 0.390 e. The van der Waals surface area contributed by atoms with Gasteiger partial charge in [0, 0.05) is 26.2 Å². The highest BCUT2D eigenvalue weighted by molar-refractivity contribution is 6.00. The SMILES string of the molecule is O=C(c1cccc2c1NCCC2)N1CCC2(CC1)OCCC[C@@H]2O. The number of para-hydroxylation sites is 1. The number of carbonyl (C=O) groups excluding carboxylic acids is 1. The molecule has 5 nitrogen and oxygen atoms in total. The summed E-state index contributed by atoms with van der Waals surface area (Å²) in [5.74, 6) is 0.0985. The van der Waals surface area contributed by atoms with Crippen molar-refractivity contribution in [3.63, 3.8) is 0 Å². The zero-order valence-electron chi connectivity index (χ0n) is 14.1. The van der Waals surface area contributed by atoms with Gasteiger partial charge < -0.3 is 20.1 Å². The fourth-order valence-electron chi connectivity index (χ4n) is 4.34. The molecule has 3 heterocycles. The molecule has 0 radical (unpaired) electrons. The van der Waals surface area contributed by atoms with E-state index in [2.05, 4.69) is 11.4 Å². The number of hydrogen-bond acceptors (Lipinski definition) is 4. The molecule has 5 heteroatoms. The van der Waals surface area contributed by atoms with Gasteiger partial charge in [-0.1, -0.05) is 12.1 Å². The molecule has 24 heavy (non-hydrogen) atoms. The number of aryl methyl sites for hydroxylation is 1. The lowest BCUT2D eigenvalue weighted by molar-refractivity contribution is -0.174. The molecular weight excluding hydrogens is 304 g/mol. The Hall–Kier alpha value is -1.59. The van der Waals surface area contributed by atoms with E-state index in [1.165, 1.54) is 5.56 Å². The Kier molecular flexibility index (Phi) is 4.22. The third-order valence-electron chi connectivity index (χ3n) is 5.82. The van der Waals surface area contributed by atoms with Crippen LogP contribution in [0.4, 0.5) is 5.69 Å².